The minimum absolute atomic E-state index is 0. The zero-order valence-electron chi connectivity index (χ0n) is 14.9. The molecule has 0 fully saturated rings. The standard InChI is InChI=1S/C17H13ClN2O5S2.Na/c1-27(24,25)11-7-10(3-5-15(21)22)19-13(8-11)17-20-16(23)12-4-2-9(18)6-14(12)26-17;/h2,4,6-8H,3,5H2,1H3,(H,21,22);/q;+1/p-1. The summed E-state index contributed by atoms with van der Waals surface area (Å²) in [7, 11) is -3.58. The number of sulfone groups is 1. The quantitative estimate of drug-likeness (QED) is 0.436. The number of carbonyl (C=O) groups excluding carboxylic acids is 1. The molecule has 0 saturated heterocycles. The van der Waals surface area contributed by atoms with E-state index in [2.05, 4.69) is 9.97 Å². The number of halogens is 1. The molecule has 2 aromatic heterocycles. The first kappa shape index (κ1) is 22.9. The van der Waals surface area contributed by atoms with Gasteiger partial charge in [0.1, 0.15) is 10.7 Å². The Morgan fingerprint density at radius 2 is 1.93 bits per heavy atom. The molecule has 3 rings (SSSR count). The van der Waals surface area contributed by atoms with E-state index in [0.29, 0.717) is 15.1 Å². The first-order valence-electron chi connectivity index (χ1n) is 7.65. The Morgan fingerprint density at radius 1 is 1.21 bits per heavy atom. The predicted octanol–water partition coefficient (Wildman–Crippen LogP) is -1.54. The van der Waals surface area contributed by atoms with E-state index in [-0.39, 0.29) is 63.7 Å². The van der Waals surface area contributed by atoms with Crippen LogP contribution in [0.25, 0.3) is 20.8 Å². The Hall–Kier alpha value is -1.36. The molecule has 140 valence electrons. The number of aliphatic carboxylic acids is 1. The van der Waals surface area contributed by atoms with E-state index in [4.69, 9.17) is 11.6 Å². The van der Waals surface area contributed by atoms with Gasteiger partial charge in [-0.1, -0.05) is 11.6 Å². The molecule has 7 nitrogen and oxygen atoms in total. The number of rotatable bonds is 5. The van der Waals surface area contributed by atoms with Crippen molar-refractivity contribution in [3.63, 3.8) is 0 Å². The van der Waals surface area contributed by atoms with Crippen molar-refractivity contribution in [3.8, 4) is 10.7 Å². The molecular weight excluding hydrogens is 435 g/mol. The number of carboxylic acids is 1. The van der Waals surface area contributed by atoms with Gasteiger partial charge >= 0.3 is 29.6 Å². The summed E-state index contributed by atoms with van der Waals surface area (Å²) in [5.74, 6) is -1.27. The second-order valence-electron chi connectivity index (χ2n) is 5.79. The largest absolute Gasteiger partial charge is 1.00 e. The van der Waals surface area contributed by atoms with Crippen molar-refractivity contribution in [2.45, 2.75) is 17.7 Å². The summed E-state index contributed by atoms with van der Waals surface area (Å²) in [5, 5.41) is 11.8. The summed E-state index contributed by atoms with van der Waals surface area (Å²) in [4.78, 5) is 31.2. The number of aryl methyl sites for hydroxylation is 1. The van der Waals surface area contributed by atoms with Gasteiger partial charge in [0, 0.05) is 27.6 Å². The molecular formula is C17H12ClN2NaO5S2. The molecule has 0 atom stereocenters. The zero-order chi connectivity index (χ0) is 19.8. The minimum Gasteiger partial charge on any atom is -0.550 e. The summed E-state index contributed by atoms with van der Waals surface area (Å²) >= 11 is 7.12. The van der Waals surface area contributed by atoms with Gasteiger partial charge in [0.05, 0.1) is 10.3 Å². The monoisotopic (exact) mass is 446 g/mol. The Morgan fingerprint density at radius 3 is 2.57 bits per heavy atom. The smallest absolute Gasteiger partial charge is 0.550 e. The molecule has 3 aromatic rings. The van der Waals surface area contributed by atoms with Gasteiger partial charge in [0.15, 0.2) is 9.84 Å². The molecule has 0 N–H and O–H groups in total. The second-order valence-corrected chi connectivity index (χ2v) is 9.27. The van der Waals surface area contributed by atoms with Crippen LogP contribution in [0.3, 0.4) is 0 Å². The Bertz CT molecular complexity index is 1230. The topological polar surface area (TPSA) is 117 Å². The van der Waals surface area contributed by atoms with E-state index in [1.54, 1.807) is 18.2 Å². The summed E-state index contributed by atoms with van der Waals surface area (Å²) in [6.07, 6.45) is 0.717. The predicted molar refractivity (Wildman–Crippen MR) is 101 cm³/mol. The molecule has 0 amide bonds. The van der Waals surface area contributed by atoms with Crippen LogP contribution in [0.5, 0.6) is 0 Å². The van der Waals surface area contributed by atoms with Crippen LogP contribution in [0.2, 0.25) is 5.02 Å². The van der Waals surface area contributed by atoms with E-state index >= 15 is 0 Å². The molecule has 0 aliphatic rings. The van der Waals surface area contributed by atoms with Crippen molar-refractivity contribution in [1.82, 2.24) is 9.97 Å². The maximum atomic E-state index is 12.3. The minimum atomic E-state index is -3.58. The average molecular weight is 447 g/mol. The molecule has 0 radical (unpaired) electrons. The van der Waals surface area contributed by atoms with E-state index < -0.39 is 21.4 Å². The summed E-state index contributed by atoms with van der Waals surface area (Å²) < 4.78 is 24.5. The van der Waals surface area contributed by atoms with Crippen molar-refractivity contribution >= 4 is 48.8 Å². The molecule has 0 aliphatic heterocycles. The number of carbonyl (C=O) groups is 1. The SMILES string of the molecule is CS(=O)(=O)c1cc(CCC(=O)[O-])nc(-c2nc(=O)c3ccc(Cl)cc3s2)c1.[Na+]. The number of benzene rings is 1. The number of nitrogens with zero attached hydrogens (tertiary/aromatic N) is 2. The van der Waals surface area contributed by atoms with Gasteiger partial charge in [-0.25, -0.2) is 8.42 Å². The van der Waals surface area contributed by atoms with Crippen LogP contribution >= 0.6 is 22.9 Å². The van der Waals surface area contributed by atoms with Crippen LogP contribution in [-0.4, -0.2) is 30.6 Å². The Kier molecular flexibility index (Phi) is 7.35. The van der Waals surface area contributed by atoms with Gasteiger partial charge in [-0.2, -0.15) is 4.98 Å². The molecule has 0 aliphatic carbocycles. The molecule has 0 unspecified atom stereocenters. The van der Waals surface area contributed by atoms with E-state index in [0.717, 1.165) is 17.6 Å². The number of aromatic nitrogens is 2. The number of hydrogen-bond acceptors (Lipinski definition) is 8. The number of hydrogen-bond donors (Lipinski definition) is 0. The van der Waals surface area contributed by atoms with Crippen LogP contribution in [0.4, 0.5) is 0 Å². The van der Waals surface area contributed by atoms with Gasteiger partial charge in [0.2, 0.25) is 0 Å². The van der Waals surface area contributed by atoms with Crippen LogP contribution < -0.4 is 40.2 Å². The van der Waals surface area contributed by atoms with Gasteiger partial charge in [-0.05, 0) is 43.2 Å². The van der Waals surface area contributed by atoms with Crippen LogP contribution in [0, 0.1) is 0 Å². The van der Waals surface area contributed by atoms with Gasteiger partial charge in [0.25, 0.3) is 5.56 Å². The van der Waals surface area contributed by atoms with Gasteiger partial charge in [-0.15, -0.1) is 11.3 Å². The molecule has 2 heterocycles. The maximum absolute atomic E-state index is 12.3. The van der Waals surface area contributed by atoms with Crippen molar-refractivity contribution < 1.29 is 47.9 Å². The first-order valence-corrected chi connectivity index (χ1v) is 10.7. The average Bonchev–Trinajstić information content (AvgIpc) is 2.58. The number of pyridine rings is 1. The molecule has 28 heavy (non-hydrogen) atoms. The third kappa shape index (κ3) is 5.37. The fourth-order valence-corrected chi connectivity index (χ4v) is 4.30. The van der Waals surface area contributed by atoms with Crippen molar-refractivity contribution in [3.05, 3.63) is 51.4 Å². The third-order valence-electron chi connectivity index (χ3n) is 3.67. The third-order valence-corrected chi connectivity index (χ3v) is 6.05. The van der Waals surface area contributed by atoms with E-state index in [1.165, 1.54) is 12.1 Å². The van der Waals surface area contributed by atoms with Crippen LogP contribution in [0.15, 0.2) is 40.0 Å². The van der Waals surface area contributed by atoms with Gasteiger partial charge in [-0.3, -0.25) is 9.78 Å². The van der Waals surface area contributed by atoms with Crippen molar-refractivity contribution in [2.24, 2.45) is 0 Å². The van der Waals surface area contributed by atoms with Crippen LogP contribution in [0.1, 0.15) is 12.1 Å². The van der Waals surface area contributed by atoms with E-state index in [9.17, 15) is 23.1 Å². The zero-order valence-corrected chi connectivity index (χ0v) is 19.3. The number of fused-ring (bicyclic) bond motifs is 1. The Balaban J connectivity index is 0.00000280. The van der Waals surface area contributed by atoms with Crippen molar-refractivity contribution in [1.29, 1.82) is 0 Å². The fraction of sp³-hybridized carbons (Fsp3) is 0.176. The Labute approximate surface area is 191 Å². The molecule has 1 aromatic carbocycles. The fourth-order valence-electron chi connectivity index (χ4n) is 2.39. The number of carboxylic acid groups (broad SMARTS) is 1. The molecule has 11 heteroatoms. The van der Waals surface area contributed by atoms with Gasteiger partial charge < -0.3 is 9.90 Å². The summed E-state index contributed by atoms with van der Waals surface area (Å²) in [6, 6.07) is 7.39. The first-order chi connectivity index (χ1) is 12.6. The molecule has 0 spiro atoms. The summed E-state index contributed by atoms with van der Waals surface area (Å²) in [5.41, 5.74) is -0.0572. The molecule has 0 bridgehead atoms. The van der Waals surface area contributed by atoms with E-state index in [1.807, 2.05) is 0 Å². The second kappa shape index (κ2) is 8.98. The maximum Gasteiger partial charge on any atom is 1.00 e. The van der Waals surface area contributed by atoms with Crippen molar-refractivity contribution in [2.75, 3.05) is 6.26 Å². The molecule has 0 saturated carbocycles. The normalized spacial score (nSPS) is 11.2. The van der Waals surface area contributed by atoms with Crippen LogP contribution in [-0.2, 0) is 21.1 Å². The summed E-state index contributed by atoms with van der Waals surface area (Å²) in [6.45, 7) is 0.